The second-order valence-electron chi connectivity index (χ2n) is 6.92. The molecule has 1 saturated heterocycles. The van der Waals surface area contributed by atoms with E-state index in [-0.39, 0.29) is 46.9 Å². The lowest BCUT2D eigenvalue weighted by atomic mass is 9.95. The molecule has 9 heteroatoms. The van der Waals surface area contributed by atoms with E-state index in [1.807, 2.05) is 30.3 Å². The first-order chi connectivity index (χ1) is 12.3. The maximum Gasteiger partial charge on any atom is 0.270 e. The van der Waals surface area contributed by atoms with Crippen LogP contribution in [0.15, 0.2) is 47.5 Å². The van der Waals surface area contributed by atoms with Crippen molar-refractivity contribution in [2.24, 2.45) is 5.73 Å². The van der Waals surface area contributed by atoms with Gasteiger partial charge in [0.25, 0.3) is 5.91 Å². The van der Waals surface area contributed by atoms with Gasteiger partial charge in [0, 0.05) is 37.3 Å². The zero-order chi connectivity index (χ0) is 18.9. The van der Waals surface area contributed by atoms with Crippen molar-refractivity contribution >= 4 is 28.3 Å². The van der Waals surface area contributed by atoms with E-state index in [2.05, 4.69) is 9.71 Å². The number of nitrogens with one attached hydrogen (secondary N) is 2. The molecule has 1 aliphatic heterocycles. The van der Waals surface area contributed by atoms with Gasteiger partial charge in [-0.15, -0.1) is 12.4 Å². The van der Waals surface area contributed by atoms with Crippen LogP contribution in [0.3, 0.4) is 0 Å². The number of rotatable bonds is 5. The van der Waals surface area contributed by atoms with Crippen LogP contribution >= 0.6 is 12.4 Å². The Balaban J connectivity index is 0.00000261. The van der Waals surface area contributed by atoms with Gasteiger partial charge in [0.15, 0.2) is 0 Å². The zero-order valence-corrected chi connectivity index (χ0v) is 16.9. The number of amides is 1. The third kappa shape index (κ3) is 4.70. The number of carbonyl (C=O) groups is 1. The first-order valence-electron chi connectivity index (χ1n) is 8.58. The van der Waals surface area contributed by atoms with Crippen molar-refractivity contribution in [3.05, 3.63) is 53.9 Å². The molecule has 0 bridgehead atoms. The molecule has 0 spiro atoms. The van der Waals surface area contributed by atoms with Gasteiger partial charge in [-0.1, -0.05) is 30.3 Å². The van der Waals surface area contributed by atoms with Crippen molar-refractivity contribution < 1.29 is 13.2 Å². The lowest BCUT2D eigenvalue weighted by Gasteiger charge is -2.15. The summed E-state index contributed by atoms with van der Waals surface area (Å²) in [6.45, 7) is 4.43. The molecule has 148 valence electrons. The molecule has 1 fully saturated rings. The monoisotopic (exact) mass is 412 g/mol. The van der Waals surface area contributed by atoms with Crippen LogP contribution in [-0.4, -0.2) is 49.4 Å². The lowest BCUT2D eigenvalue weighted by molar-refractivity contribution is 0.0784. The van der Waals surface area contributed by atoms with E-state index < -0.39 is 10.0 Å². The van der Waals surface area contributed by atoms with Crippen molar-refractivity contribution in [3.63, 3.8) is 0 Å². The van der Waals surface area contributed by atoms with E-state index in [0.717, 1.165) is 5.56 Å². The van der Waals surface area contributed by atoms with Crippen LogP contribution in [0.2, 0.25) is 0 Å². The highest BCUT2D eigenvalue weighted by Gasteiger charge is 2.35. The van der Waals surface area contributed by atoms with Gasteiger partial charge in [-0.25, -0.2) is 13.1 Å². The Kier molecular flexibility index (Phi) is 6.69. The third-order valence-corrected chi connectivity index (χ3v) is 6.11. The van der Waals surface area contributed by atoms with E-state index in [9.17, 15) is 13.2 Å². The van der Waals surface area contributed by atoms with Crippen molar-refractivity contribution in [1.29, 1.82) is 0 Å². The highest BCUT2D eigenvalue weighted by atomic mass is 35.5. The van der Waals surface area contributed by atoms with E-state index in [0.29, 0.717) is 13.1 Å². The minimum Gasteiger partial charge on any atom is -0.356 e. The molecule has 2 aromatic rings. The fourth-order valence-corrected chi connectivity index (χ4v) is 4.49. The summed E-state index contributed by atoms with van der Waals surface area (Å²) in [6, 6.07) is 10.9. The minimum atomic E-state index is -3.64. The summed E-state index contributed by atoms with van der Waals surface area (Å²) < 4.78 is 26.9. The second kappa shape index (κ2) is 8.43. The number of H-pyrrole nitrogens is 1. The summed E-state index contributed by atoms with van der Waals surface area (Å²) in [4.78, 5) is 17.3. The van der Waals surface area contributed by atoms with Crippen molar-refractivity contribution in [2.45, 2.75) is 36.7 Å². The number of nitrogens with zero attached hydrogens (tertiary/aromatic N) is 1. The highest BCUT2D eigenvalue weighted by molar-refractivity contribution is 7.89. The summed E-state index contributed by atoms with van der Waals surface area (Å²) in [5.41, 5.74) is 7.58. The van der Waals surface area contributed by atoms with Crippen molar-refractivity contribution in [3.8, 4) is 0 Å². The maximum absolute atomic E-state index is 12.8. The third-order valence-electron chi connectivity index (χ3n) is 4.47. The Hall–Kier alpha value is -1.87. The topological polar surface area (TPSA) is 108 Å². The minimum absolute atomic E-state index is 0. The molecular formula is C18H25ClN4O3S. The Morgan fingerprint density at radius 2 is 1.93 bits per heavy atom. The summed E-state index contributed by atoms with van der Waals surface area (Å²) >= 11 is 0. The zero-order valence-electron chi connectivity index (χ0n) is 15.3. The van der Waals surface area contributed by atoms with Crippen LogP contribution in [0.1, 0.15) is 35.8 Å². The van der Waals surface area contributed by atoms with Crippen LogP contribution in [0.5, 0.6) is 0 Å². The predicted molar refractivity (Wildman–Crippen MR) is 107 cm³/mol. The molecule has 1 amide bonds. The predicted octanol–water partition coefficient (Wildman–Crippen LogP) is 1.69. The number of sulfonamides is 1. The summed E-state index contributed by atoms with van der Waals surface area (Å²) in [7, 11) is -3.64. The van der Waals surface area contributed by atoms with Gasteiger partial charge in [0.1, 0.15) is 10.6 Å². The van der Waals surface area contributed by atoms with Gasteiger partial charge in [0.2, 0.25) is 10.0 Å². The summed E-state index contributed by atoms with van der Waals surface area (Å²) in [5, 5.41) is 0. The molecule has 0 aliphatic carbocycles. The van der Waals surface area contributed by atoms with E-state index in [1.54, 1.807) is 18.7 Å². The molecule has 0 unspecified atom stereocenters. The van der Waals surface area contributed by atoms with E-state index in [1.165, 1.54) is 12.3 Å². The van der Waals surface area contributed by atoms with Gasteiger partial charge >= 0.3 is 0 Å². The van der Waals surface area contributed by atoms with Gasteiger partial charge in [0.05, 0.1) is 0 Å². The van der Waals surface area contributed by atoms with Gasteiger partial charge in [-0.2, -0.15) is 0 Å². The molecular weight excluding hydrogens is 388 g/mol. The first kappa shape index (κ1) is 21.4. The Bertz CT molecular complexity index is 883. The maximum atomic E-state index is 12.8. The number of nitrogens with two attached hydrogens (primary N) is 1. The standard InChI is InChI=1S/C18H24N4O3S.ClH/c1-12(2)21-26(24,25)14-8-17(20-9-14)18(23)22-10-15(16(19)11-22)13-6-4-3-5-7-13;/h3-9,12,15-16,20-21H,10-11,19H2,1-2H3;1H/t15-,16+;/m0./s1. The van der Waals surface area contributed by atoms with Crippen LogP contribution in [-0.2, 0) is 10.0 Å². The number of hydrogen-bond acceptors (Lipinski definition) is 4. The lowest BCUT2D eigenvalue weighted by Crippen LogP contribution is -2.32. The van der Waals surface area contributed by atoms with Gasteiger partial charge in [-0.05, 0) is 25.5 Å². The molecule has 2 heterocycles. The fourth-order valence-electron chi connectivity index (χ4n) is 3.25. The number of hydrogen-bond donors (Lipinski definition) is 3. The molecule has 4 N–H and O–H groups in total. The second-order valence-corrected chi connectivity index (χ2v) is 8.63. The van der Waals surface area contributed by atoms with Crippen LogP contribution < -0.4 is 10.5 Å². The van der Waals surface area contributed by atoms with Crippen molar-refractivity contribution in [1.82, 2.24) is 14.6 Å². The summed E-state index contributed by atoms with van der Waals surface area (Å²) in [6.07, 6.45) is 1.34. The first-order valence-corrected chi connectivity index (χ1v) is 10.1. The average molecular weight is 413 g/mol. The number of likely N-dealkylation sites (tertiary alicyclic amines) is 1. The molecule has 27 heavy (non-hydrogen) atoms. The van der Waals surface area contributed by atoms with E-state index in [4.69, 9.17) is 5.73 Å². The van der Waals surface area contributed by atoms with Crippen LogP contribution in [0.4, 0.5) is 0 Å². The molecule has 0 saturated carbocycles. The van der Waals surface area contributed by atoms with Gasteiger partial charge in [-0.3, -0.25) is 4.79 Å². The normalized spacial score (nSPS) is 19.9. The van der Waals surface area contributed by atoms with Gasteiger partial charge < -0.3 is 15.6 Å². The number of halogens is 1. The van der Waals surface area contributed by atoms with E-state index >= 15 is 0 Å². The molecule has 7 nitrogen and oxygen atoms in total. The summed E-state index contributed by atoms with van der Waals surface area (Å²) in [5.74, 6) is -0.175. The molecule has 1 aromatic carbocycles. The smallest absolute Gasteiger partial charge is 0.270 e. The Labute approximate surface area is 165 Å². The van der Waals surface area contributed by atoms with Crippen molar-refractivity contribution in [2.75, 3.05) is 13.1 Å². The average Bonchev–Trinajstić information content (AvgIpc) is 3.21. The van der Waals surface area contributed by atoms with Crippen LogP contribution in [0.25, 0.3) is 0 Å². The SMILES string of the molecule is CC(C)NS(=O)(=O)c1c[nH]c(C(=O)N2C[C@@H](N)[C@H](c3ccccc3)C2)c1.Cl. The molecule has 1 aromatic heterocycles. The Morgan fingerprint density at radius 1 is 1.26 bits per heavy atom. The number of benzene rings is 1. The van der Waals surface area contributed by atoms with Crippen LogP contribution in [0, 0.1) is 0 Å². The number of carbonyl (C=O) groups excluding carboxylic acids is 1. The molecule has 1 aliphatic rings. The molecule has 2 atom stereocenters. The number of aromatic nitrogens is 1. The molecule has 0 radical (unpaired) electrons. The molecule has 3 rings (SSSR count). The quantitative estimate of drug-likeness (QED) is 0.694. The largest absolute Gasteiger partial charge is 0.356 e. The fraction of sp³-hybridized carbons (Fsp3) is 0.389. The Morgan fingerprint density at radius 3 is 2.56 bits per heavy atom. The highest BCUT2D eigenvalue weighted by Crippen LogP contribution is 2.27. The number of aromatic amines is 1.